The molecule has 2 aromatic carbocycles. The number of aliphatic carboxylic acids is 1. The lowest BCUT2D eigenvalue weighted by atomic mass is 9.96. The molecule has 6 heteroatoms. The van der Waals surface area contributed by atoms with Crippen LogP contribution in [0.3, 0.4) is 0 Å². The van der Waals surface area contributed by atoms with Gasteiger partial charge in [0, 0.05) is 22.9 Å². The van der Waals surface area contributed by atoms with Gasteiger partial charge < -0.3 is 14.6 Å². The molecule has 0 bridgehead atoms. The summed E-state index contributed by atoms with van der Waals surface area (Å²) in [5.41, 5.74) is 3.85. The molecule has 1 unspecified atom stereocenters. The number of carboxylic acids is 1. The molecule has 1 N–H and O–H groups in total. The number of rotatable bonds is 8. The van der Waals surface area contributed by atoms with E-state index in [1.54, 1.807) is 12.2 Å². The fraction of sp³-hybridized carbons (Fsp3) is 0.400. The Labute approximate surface area is 193 Å². The van der Waals surface area contributed by atoms with Crippen molar-refractivity contribution in [2.45, 2.75) is 58.2 Å². The third-order valence-electron chi connectivity index (χ3n) is 5.24. The van der Waals surface area contributed by atoms with Crippen LogP contribution in [0.4, 0.5) is 0 Å². The van der Waals surface area contributed by atoms with Crippen molar-refractivity contribution in [1.29, 1.82) is 0 Å². The van der Waals surface area contributed by atoms with Gasteiger partial charge in [0.25, 0.3) is 0 Å². The first kappa shape index (κ1) is 23.6. The summed E-state index contributed by atoms with van der Waals surface area (Å²) in [4.78, 5) is 10.7. The Bertz CT molecular complexity index is 924. The summed E-state index contributed by atoms with van der Waals surface area (Å²) < 4.78 is 11.9. The molecule has 31 heavy (non-hydrogen) atoms. The lowest BCUT2D eigenvalue weighted by Crippen LogP contribution is -2.25. The van der Waals surface area contributed by atoms with Gasteiger partial charge >= 0.3 is 5.97 Å². The van der Waals surface area contributed by atoms with Crippen LogP contribution in [-0.4, -0.2) is 24.0 Å². The first-order valence-corrected chi connectivity index (χ1v) is 11.4. The summed E-state index contributed by atoms with van der Waals surface area (Å²) in [6, 6.07) is 9.81. The van der Waals surface area contributed by atoms with Crippen molar-refractivity contribution in [2.75, 3.05) is 6.61 Å². The van der Waals surface area contributed by atoms with Gasteiger partial charge in [0.15, 0.2) is 6.29 Å². The van der Waals surface area contributed by atoms with Crippen molar-refractivity contribution in [3.63, 3.8) is 0 Å². The van der Waals surface area contributed by atoms with E-state index < -0.39 is 5.97 Å². The zero-order valence-electron chi connectivity index (χ0n) is 17.9. The highest BCUT2D eigenvalue weighted by Gasteiger charge is 2.19. The van der Waals surface area contributed by atoms with Crippen LogP contribution < -0.4 is 4.74 Å². The van der Waals surface area contributed by atoms with E-state index in [0.29, 0.717) is 22.4 Å². The first-order chi connectivity index (χ1) is 14.8. The van der Waals surface area contributed by atoms with Gasteiger partial charge in [-0.2, -0.15) is 0 Å². The van der Waals surface area contributed by atoms with E-state index in [9.17, 15) is 4.79 Å². The minimum Gasteiger partial charge on any atom is -0.481 e. The van der Waals surface area contributed by atoms with Crippen molar-refractivity contribution in [2.24, 2.45) is 0 Å². The topological polar surface area (TPSA) is 55.8 Å². The average molecular weight is 463 g/mol. The lowest BCUT2D eigenvalue weighted by Gasteiger charge is -2.25. The molecule has 2 aromatic rings. The predicted octanol–water partition coefficient (Wildman–Crippen LogP) is 7.10. The van der Waals surface area contributed by atoms with E-state index in [-0.39, 0.29) is 12.7 Å². The first-order valence-electron chi connectivity index (χ1n) is 10.6. The van der Waals surface area contributed by atoms with Crippen molar-refractivity contribution in [1.82, 2.24) is 0 Å². The molecule has 0 radical (unpaired) electrons. The van der Waals surface area contributed by atoms with Gasteiger partial charge in [0.1, 0.15) is 5.75 Å². The Morgan fingerprint density at radius 3 is 2.58 bits per heavy atom. The molecule has 1 fully saturated rings. The van der Waals surface area contributed by atoms with Crippen LogP contribution in [0, 0.1) is 0 Å². The Morgan fingerprint density at radius 1 is 1.23 bits per heavy atom. The molecule has 3 rings (SSSR count). The summed E-state index contributed by atoms with van der Waals surface area (Å²) in [6.45, 7) is 5.04. The van der Waals surface area contributed by atoms with Crippen LogP contribution in [0.2, 0.25) is 10.0 Å². The maximum atomic E-state index is 10.7. The minimum absolute atomic E-state index is 0.0463. The van der Waals surface area contributed by atoms with E-state index in [1.165, 1.54) is 0 Å². The molecule has 0 amide bonds. The van der Waals surface area contributed by atoms with Gasteiger partial charge in [-0.1, -0.05) is 61.3 Å². The quantitative estimate of drug-likeness (QED) is 0.454. The fourth-order valence-electron chi connectivity index (χ4n) is 3.60. The van der Waals surface area contributed by atoms with Gasteiger partial charge in [-0.05, 0) is 59.2 Å². The van der Waals surface area contributed by atoms with Crippen molar-refractivity contribution in [3.05, 3.63) is 68.7 Å². The van der Waals surface area contributed by atoms with E-state index in [4.69, 9.17) is 37.8 Å². The largest absolute Gasteiger partial charge is 0.481 e. The third-order valence-corrected chi connectivity index (χ3v) is 5.91. The lowest BCUT2D eigenvalue weighted by molar-refractivity contribution is -0.135. The molecule has 1 aliphatic heterocycles. The molecular formula is C25H28Cl2O4. The smallest absolute Gasteiger partial charge is 0.307 e. The number of ether oxygens (including phenoxy) is 2. The Hall–Kier alpha value is -2.01. The fourth-order valence-corrected chi connectivity index (χ4v) is 4.24. The summed E-state index contributed by atoms with van der Waals surface area (Å²) in [5.74, 6) is 0.279. The number of carboxylic acid groups (broad SMARTS) is 1. The second-order valence-electron chi connectivity index (χ2n) is 8.08. The maximum Gasteiger partial charge on any atom is 0.307 e. The number of carbonyl (C=O) groups is 1. The summed E-state index contributed by atoms with van der Waals surface area (Å²) in [5, 5.41) is 9.88. The van der Waals surface area contributed by atoms with Crippen LogP contribution in [0.1, 0.15) is 67.7 Å². The third kappa shape index (κ3) is 6.73. The highest BCUT2D eigenvalue weighted by molar-refractivity contribution is 6.36. The van der Waals surface area contributed by atoms with Gasteiger partial charge in [0.05, 0.1) is 13.0 Å². The van der Waals surface area contributed by atoms with E-state index in [0.717, 1.165) is 53.9 Å². The Kier molecular flexibility index (Phi) is 8.42. The number of hydrogen-bond donors (Lipinski definition) is 1. The summed E-state index contributed by atoms with van der Waals surface area (Å²) >= 11 is 13.0. The average Bonchev–Trinajstić information content (AvgIpc) is 2.72. The second kappa shape index (κ2) is 11.0. The molecule has 1 heterocycles. The highest BCUT2D eigenvalue weighted by Crippen LogP contribution is 2.33. The van der Waals surface area contributed by atoms with E-state index in [2.05, 4.69) is 19.9 Å². The highest BCUT2D eigenvalue weighted by atomic mass is 35.5. The van der Waals surface area contributed by atoms with Crippen molar-refractivity contribution >= 4 is 35.2 Å². The van der Waals surface area contributed by atoms with E-state index >= 15 is 0 Å². The van der Waals surface area contributed by atoms with Gasteiger partial charge in [0.2, 0.25) is 0 Å². The Balaban J connectivity index is 1.79. The standard InChI is InChI=1S/C25H28Cl2O4/c1-16(2)19-12-18(9-10-23(19)31-25-8-3-4-11-30-25)13-20-21(26)14-17(15-22(20)27)6-5-7-24(28)29/h5-6,9-10,12,14-16,25H,3-4,7-8,11,13H2,1-2H3,(H,28,29)/b6-5+. The number of benzene rings is 2. The van der Waals surface area contributed by atoms with Gasteiger partial charge in [-0.3, -0.25) is 4.79 Å². The summed E-state index contributed by atoms with van der Waals surface area (Å²) in [6.07, 6.45) is 6.79. The molecule has 1 saturated heterocycles. The molecule has 0 aliphatic carbocycles. The summed E-state index contributed by atoms with van der Waals surface area (Å²) in [7, 11) is 0. The maximum absolute atomic E-state index is 10.7. The second-order valence-corrected chi connectivity index (χ2v) is 8.90. The van der Waals surface area contributed by atoms with Crippen LogP contribution in [0.25, 0.3) is 6.08 Å². The molecule has 0 aromatic heterocycles. The van der Waals surface area contributed by atoms with Crippen molar-refractivity contribution < 1.29 is 19.4 Å². The molecule has 1 atom stereocenters. The zero-order valence-corrected chi connectivity index (χ0v) is 19.4. The predicted molar refractivity (Wildman–Crippen MR) is 125 cm³/mol. The molecule has 4 nitrogen and oxygen atoms in total. The number of hydrogen-bond acceptors (Lipinski definition) is 3. The van der Waals surface area contributed by atoms with Crippen LogP contribution in [0.15, 0.2) is 36.4 Å². The van der Waals surface area contributed by atoms with Crippen LogP contribution >= 0.6 is 23.2 Å². The molecule has 0 spiro atoms. The monoisotopic (exact) mass is 462 g/mol. The zero-order chi connectivity index (χ0) is 22.4. The molecular weight excluding hydrogens is 435 g/mol. The van der Waals surface area contributed by atoms with Gasteiger partial charge in [-0.25, -0.2) is 0 Å². The van der Waals surface area contributed by atoms with Gasteiger partial charge in [-0.15, -0.1) is 0 Å². The SMILES string of the molecule is CC(C)c1cc(Cc2c(Cl)cc(/C=C/CC(=O)O)cc2Cl)ccc1OC1CCCCO1. The van der Waals surface area contributed by atoms with Crippen LogP contribution in [-0.2, 0) is 16.0 Å². The van der Waals surface area contributed by atoms with Crippen LogP contribution in [0.5, 0.6) is 5.75 Å². The normalized spacial score (nSPS) is 16.7. The number of halogens is 2. The molecule has 166 valence electrons. The molecule has 0 saturated carbocycles. The Morgan fingerprint density at radius 2 is 1.97 bits per heavy atom. The molecule has 1 aliphatic rings. The van der Waals surface area contributed by atoms with E-state index in [1.807, 2.05) is 24.3 Å². The van der Waals surface area contributed by atoms with Crippen molar-refractivity contribution in [3.8, 4) is 5.75 Å². The minimum atomic E-state index is -0.881.